The molecule has 0 radical (unpaired) electrons. The fourth-order valence-electron chi connectivity index (χ4n) is 1.81. The SMILES string of the molecule is CCCC[C@H](N)C(=O)NC(C)CCCC(C)C. The summed E-state index contributed by atoms with van der Waals surface area (Å²) in [6.45, 7) is 8.62. The van der Waals surface area contributed by atoms with Crippen molar-refractivity contribution < 1.29 is 4.79 Å². The highest BCUT2D eigenvalue weighted by atomic mass is 16.2. The Labute approximate surface area is 107 Å². The van der Waals surface area contributed by atoms with Crippen LogP contribution in [0.2, 0.25) is 0 Å². The van der Waals surface area contributed by atoms with Gasteiger partial charge in [0.2, 0.25) is 5.91 Å². The maximum Gasteiger partial charge on any atom is 0.237 e. The second-order valence-corrected chi connectivity index (χ2v) is 5.48. The van der Waals surface area contributed by atoms with Crippen molar-refractivity contribution in [3.8, 4) is 0 Å². The minimum absolute atomic E-state index is 0.00972. The van der Waals surface area contributed by atoms with E-state index >= 15 is 0 Å². The lowest BCUT2D eigenvalue weighted by molar-refractivity contribution is -0.123. The first kappa shape index (κ1) is 16.4. The lowest BCUT2D eigenvalue weighted by Gasteiger charge is -2.17. The number of carbonyl (C=O) groups is 1. The molecule has 0 fully saturated rings. The van der Waals surface area contributed by atoms with Crippen molar-refractivity contribution in [2.45, 2.75) is 78.3 Å². The highest BCUT2D eigenvalue weighted by molar-refractivity contribution is 5.81. The molecule has 0 saturated carbocycles. The van der Waals surface area contributed by atoms with Crippen LogP contribution in [0.3, 0.4) is 0 Å². The van der Waals surface area contributed by atoms with Gasteiger partial charge in [0, 0.05) is 6.04 Å². The van der Waals surface area contributed by atoms with Crippen LogP contribution in [-0.2, 0) is 4.79 Å². The topological polar surface area (TPSA) is 55.1 Å². The summed E-state index contributed by atoms with van der Waals surface area (Å²) < 4.78 is 0. The molecule has 17 heavy (non-hydrogen) atoms. The van der Waals surface area contributed by atoms with Crippen molar-refractivity contribution in [3.05, 3.63) is 0 Å². The molecule has 1 amide bonds. The second-order valence-electron chi connectivity index (χ2n) is 5.48. The predicted molar refractivity (Wildman–Crippen MR) is 73.8 cm³/mol. The molecule has 0 aromatic rings. The van der Waals surface area contributed by atoms with E-state index in [4.69, 9.17) is 5.73 Å². The lowest BCUT2D eigenvalue weighted by Crippen LogP contribution is -2.44. The van der Waals surface area contributed by atoms with Crippen LogP contribution < -0.4 is 11.1 Å². The van der Waals surface area contributed by atoms with Crippen LogP contribution in [0.1, 0.15) is 66.2 Å². The Morgan fingerprint density at radius 1 is 1.12 bits per heavy atom. The molecule has 102 valence electrons. The molecule has 0 aromatic heterocycles. The van der Waals surface area contributed by atoms with Crippen LogP contribution in [0.5, 0.6) is 0 Å². The highest BCUT2D eigenvalue weighted by Crippen LogP contribution is 2.08. The summed E-state index contributed by atoms with van der Waals surface area (Å²) in [7, 11) is 0. The zero-order chi connectivity index (χ0) is 13.3. The second kappa shape index (κ2) is 9.46. The number of carbonyl (C=O) groups excluding carboxylic acids is 1. The molecule has 1 unspecified atom stereocenters. The first-order valence-corrected chi connectivity index (χ1v) is 7.03. The lowest BCUT2D eigenvalue weighted by atomic mass is 10.0. The molecular formula is C14H30N2O. The van der Waals surface area contributed by atoms with Crippen molar-refractivity contribution >= 4 is 5.91 Å². The monoisotopic (exact) mass is 242 g/mol. The molecular weight excluding hydrogens is 212 g/mol. The van der Waals surface area contributed by atoms with Crippen LogP contribution in [0, 0.1) is 5.92 Å². The summed E-state index contributed by atoms with van der Waals surface area (Å²) in [6, 6.07) is -0.0866. The highest BCUT2D eigenvalue weighted by Gasteiger charge is 2.14. The van der Waals surface area contributed by atoms with E-state index in [0.717, 1.165) is 31.6 Å². The average molecular weight is 242 g/mol. The van der Waals surface area contributed by atoms with Gasteiger partial charge in [-0.05, 0) is 25.7 Å². The molecule has 0 rings (SSSR count). The zero-order valence-corrected chi connectivity index (χ0v) is 12.0. The van der Waals surface area contributed by atoms with E-state index in [1.807, 2.05) is 0 Å². The number of hydrogen-bond donors (Lipinski definition) is 2. The van der Waals surface area contributed by atoms with Crippen LogP contribution in [0.25, 0.3) is 0 Å². The summed E-state index contributed by atoms with van der Waals surface area (Å²) >= 11 is 0. The van der Waals surface area contributed by atoms with Crippen LogP contribution in [0.15, 0.2) is 0 Å². The zero-order valence-electron chi connectivity index (χ0n) is 12.0. The van der Waals surface area contributed by atoms with Gasteiger partial charge < -0.3 is 11.1 Å². The Morgan fingerprint density at radius 2 is 1.76 bits per heavy atom. The summed E-state index contributed by atoms with van der Waals surface area (Å²) in [4.78, 5) is 11.7. The predicted octanol–water partition coefficient (Wildman–Crippen LogP) is 2.83. The Balaban J connectivity index is 3.71. The first-order valence-electron chi connectivity index (χ1n) is 7.03. The molecule has 0 aliphatic heterocycles. The van der Waals surface area contributed by atoms with Crippen molar-refractivity contribution in [2.24, 2.45) is 11.7 Å². The Hall–Kier alpha value is -0.570. The quantitative estimate of drug-likeness (QED) is 0.653. The Kier molecular flexibility index (Phi) is 9.14. The number of unbranched alkanes of at least 4 members (excludes halogenated alkanes) is 1. The molecule has 3 N–H and O–H groups in total. The molecule has 3 nitrogen and oxygen atoms in total. The fraction of sp³-hybridized carbons (Fsp3) is 0.929. The van der Waals surface area contributed by atoms with Gasteiger partial charge >= 0.3 is 0 Å². The van der Waals surface area contributed by atoms with Gasteiger partial charge in [-0.3, -0.25) is 4.79 Å². The van der Waals surface area contributed by atoms with E-state index in [9.17, 15) is 4.79 Å². The number of rotatable bonds is 9. The third kappa shape index (κ3) is 9.16. The van der Waals surface area contributed by atoms with Gasteiger partial charge in [0.05, 0.1) is 6.04 Å². The molecule has 0 aliphatic rings. The molecule has 0 aliphatic carbocycles. The Bertz CT molecular complexity index is 204. The summed E-state index contributed by atoms with van der Waals surface area (Å²) in [5.74, 6) is 0.750. The van der Waals surface area contributed by atoms with Gasteiger partial charge in [0.25, 0.3) is 0 Å². The van der Waals surface area contributed by atoms with Crippen molar-refractivity contribution in [1.29, 1.82) is 0 Å². The van der Waals surface area contributed by atoms with E-state index in [0.29, 0.717) is 0 Å². The fourth-order valence-corrected chi connectivity index (χ4v) is 1.81. The van der Waals surface area contributed by atoms with Crippen molar-refractivity contribution in [2.75, 3.05) is 0 Å². The van der Waals surface area contributed by atoms with Gasteiger partial charge in [-0.15, -0.1) is 0 Å². The van der Waals surface area contributed by atoms with Gasteiger partial charge in [-0.2, -0.15) is 0 Å². The third-order valence-electron chi connectivity index (χ3n) is 3.01. The van der Waals surface area contributed by atoms with Gasteiger partial charge in [-0.1, -0.05) is 46.5 Å². The molecule has 0 bridgehead atoms. The minimum Gasteiger partial charge on any atom is -0.352 e. The first-order chi connectivity index (χ1) is 7.97. The summed E-state index contributed by atoms with van der Waals surface area (Å²) in [5.41, 5.74) is 5.82. The standard InChI is InChI=1S/C14H30N2O/c1-5-6-10-13(15)14(17)16-12(4)9-7-8-11(2)3/h11-13H,5-10,15H2,1-4H3,(H,16,17)/t12?,13-/m0/s1. The molecule has 0 saturated heterocycles. The van der Waals surface area contributed by atoms with E-state index < -0.39 is 0 Å². The van der Waals surface area contributed by atoms with E-state index in [-0.39, 0.29) is 18.0 Å². The summed E-state index contributed by atoms with van der Waals surface area (Å²) in [6.07, 6.45) is 6.35. The van der Waals surface area contributed by atoms with E-state index in [1.165, 1.54) is 12.8 Å². The molecule has 0 aromatic carbocycles. The number of amides is 1. The minimum atomic E-state index is -0.331. The molecule has 0 heterocycles. The Morgan fingerprint density at radius 3 is 2.29 bits per heavy atom. The van der Waals surface area contributed by atoms with Crippen molar-refractivity contribution in [1.82, 2.24) is 5.32 Å². The van der Waals surface area contributed by atoms with E-state index in [2.05, 4.69) is 33.0 Å². The normalized spacial score (nSPS) is 14.7. The number of nitrogens with two attached hydrogens (primary N) is 1. The van der Waals surface area contributed by atoms with Gasteiger partial charge in [0.1, 0.15) is 0 Å². The smallest absolute Gasteiger partial charge is 0.237 e. The van der Waals surface area contributed by atoms with Gasteiger partial charge in [0.15, 0.2) is 0 Å². The van der Waals surface area contributed by atoms with Crippen LogP contribution in [-0.4, -0.2) is 18.0 Å². The average Bonchev–Trinajstić information content (AvgIpc) is 2.25. The van der Waals surface area contributed by atoms with Crippen molar-refractivity contribution in [3.63, 3.8) is 0 Å². The summed E-state index contributed by atoms with van der Waals surface area (Å²) in [5, 5.41) is 3.00. The number of hydrogen-bond acceptors (Lipinski definition) is 2. The molecule has 0 spiro atoms. The van der Waals surface area contributed by atoms with Crippen LogP contribution >= 0.6 is 0 Å². The van der Waals surface area contributed by atoms with Crippen LogP contribution in [0.4, 0.5) is 0 Å². The third-order valence-corrected chi connectivity index (χ3v) is 3.01. The largest absolute Gasteiger partial charge is 0.352 e. The maximum absolute atomic E-state index is 11.7. The van der Waals surface area contributed by atoms with Gasteiger partial charge in [-0.25, -0.2) is 0 Å². The maximum atomic E-state index is 11.7. The molecule has 3 heteroatoms. The van der Waals surface area contributed by atoms with E-state index in [1.54, 1.807) is 0 Å². The number of nitrogens with one attached hydrogen (secondary N) is 1. The molecule has 2 atom stereocenters.